The molecule has 204 valence electrons. The number of likely N-dealkylation sites (tertiary alicyclic amines) is 1. The first kappa shape index (κ1) is 27.2. The maximum Gasteiger partial charge on any atom is 0.335 e. The third-order valence-electron chi connectivity index (χ3n) is 7.87. The average molecular weight is 534 g/mol. The Labute approximate surface area is 228 Å². The molecule has 0 spiro atoms. The fourth-order valence-electron chi connectivity index (χ4n) is 6.02. The van der Waals surface area contributed by atoms with Crippen molar-refractivity contribution in [2.75, 3.05) is 26.3 Å². The van der Waals surface area contributed by atoms with E-state index in [0.29, 0.717) is 17.9 Å². The lowest BCUT2D eigenvalue weighted by Crippen LogP contribution is -2.47. The number of allylic oxidation sites excluding steroid dienone is 1. The summed E-state index contributed by atoms with van der Waals surface area (Å²) in [7, 11) is 0. The number of carbonyl (C=O) groups is 1. The summed E-state index contributed by atoms with van der Waals surface area (Å²) >= 11 is 0. The number of alkyl halides is 3. The van der Waals surface area contributed by atoms with Crippen LogP contribution in [0.4, 0.5) is 13.2 Å². The first-order valence-corrected chi connectivity index (χ1v) is 13.8. The van der Waals surface area contributed by atoms with Crippen LogP contribution in [0.25, 0.3) is 11.1 Å². The molecule has 1 aliphatic carbocycles. The van der Waals surface area contributed by atoms with E-state index in [1.54, 1.807) is 18.2 Å². The Hall–Kier alpha value is -3.38. The maximum absolute atomic E-state index is 13.2. The molecule has 1 aliphatic heterocycles. The highest BCUT2D eigenvalue weighted by molar-refractivity contribution is 6.00. The molecule has 1 fully saturated rings. The van der Waals surface area contributed by atoms with Crippen molar-refractivity contribution < 1.29 is 23.1 Å². The van der Waals surface area contributed by atoms with E-state index in [9.17, 15) is 23.1 Å². The van der Waals surface area contributed by atoms with Gasteiger partial charge in [0.05, 0.1) is 12.2 Å². The van der Waals surface area contributed by atoms with Gasteiger partial charge in [-0.25, -0.2) is 13.6 Å². The highest BCUT2D eigenvalue weighted by Gasteiger charge is 2.26. The maximum atomic E-state index is 13.2. The summed E-state index contributed by atoms with van der Waals surface area (Å²) in [4.78, 5) is 14.0. The van der Waals surface area contributed by atoms with Gasteiger partial charge in [0.1, 0.15) is 0 Å². The number of nitrogens with zero attached hydrogens (tertiary/aromatic N) is 1. The van der Waals surface area contributed by atoms with Gasteiger partial charge in [-0.05, 0) is 94.7 Å². The zero-order valence-electron chi connectivity index (χ0n) is 22.0. The van der Waals surface area contributed by atoms with E-state index in [1.807, 2.05) is 24.3 Å². The van der Waals surface area contributed by atoms with Crippen molar-refractivity contribution in [2.24, 2.45) is 5.92 Å². The summed E-state index contributed by atoms with van der Waals surface area (Å²) in [6.45, 7) is 2.57. The summed E-state index contributed by atoms with van der Waals surface area (Å²) < 4.78 is 38.8. The third-order valence-corrected chi connectivity index (χ3v) is 7.87. The van der Waals surface area contributed by atoms with Crippen molar-refractivity contribution in [1.82, 2.24) is 4.90 Å². The second-order valence-electron chi connectivity index (χ2n) is 10.7. The number of rotatable bonds is 10. The number of carboxylic acid groups (broad SMARTS) is 1. The first-order valence-electron chi connectivity index (χ1n) is 13.8. The largest absolute Gasteiger partial charge is 0.478 e. The van der Waals surface area contributed by atoms with Crippen molar-refractivity contribution in [1.29, 1.82) is 0 Å². The van der Waals surface area contributed by atoms with E-state index < -0.39 is 12.4 Å². The highest BCUT2D eigenvalue weighted by Crippen LogP contribution is 2.40. The lowest BCUT2D eigenvalue weighted by atomic mass is 9.85. The Morgan fingerprint density at radius 2 is 1.74 bits per heavy atom. The molecule has 5 rings (SSSR count). The number of hydrogen-bond acceptors (Lipinski definition) is 2. The van der Waals surface area contributed by atoms with Gasteiger partial charge in [-0.3, -0.25) is 4.39 Å². The molecule has 3 aromatic carbocycles. The Bertz CT molecular complexity index is 1340. The number of hydrogen-bond donors (Lipinski definition) is 1. The molecule has 3 nitrogen and oxygen atoms in total. The fraction of sp³-hybridized carbons (Fsp3) is 0.364. The molecule has 0 amide bonds. The molecule has 6 heteroatoms. The predicted molar refractivity (Wildman–Crippen MR) is 149 cm³/mol. The first-order chi connectivity index (χ1) is 18.9. The van der Waals surface area contributed by atoms with Crippen LogP contribution in [0, 0.1) is 5.92 Å². The van der Waals surface area contributed by atoms with Crippen LogP contribution in [-0.2, 0) is 19.3 Å². The van der Waals surface area contributed by atoms with E-state index in [1.165, 1.54) is 5.56 Å². The van der Waals surface area contributed by atoms with Crippen LogP contribution in [-0.4, -0.2) is 48.7 Å². The van der Waals surface area contributed by atoms with Gasteiger partial charge in [-0.15, -0.1) is 0 Å². The fourth-order valence-corrected chi connectivity index (χ4v) is 6.02. The van der Waals surface area contributed by atoms with Crippen molar-refractivity contribution in [2.45, 2.75) is 45.0 Å². The Kier molecular flexibility index (Phi) is 8.51. The predicted octanol–water partition coefficient (Wildman–Crippen LogP) is 7.32. The lowest BCUT2D eigenvalue weighted by Gasteiger charge is -2.39. The zero-order valence-corrected chi connectivity index (χ0v) is 22.0. The normalized spacial score (nSPS) is 16.2. The molecule has 0 aromatic heterocycles. The molecule has 0 saturated carbocycles. The second kappa shape index (κ2) is 12.2. The van der Waals surface area contributed by atoms with Crippen LogP contribution >= 0.6 is 0 Å². The molecule has 1 heterocycles. The Morgan fingerprint density at radius 3 is 2.46 bits per heavy atom. The van der Waals surface area contributed by atoms with Gasteiger partial charge in [0, 0.05) is 26.1 Å². The number of aromatic carboxylic acids is 1. The molecule has 39 heavy (non-hydrogen) atoms. The summed E-state index contributed by atoms with van der Waals surface area (Å²) in [5.74, 6) is -0.369. The standard InChI is InChI=1S/C33H34F3NO2/c34-14-3-15-37-20-24(21-37)16-22-8-10-25(11-9-22)32-29(26-5-1-4-23(17-26)18-31(35)36)7-2-6-27-19-28(33(38)39)12-13-30(27)32/h1,4-5,8-13,17,19,24,31H,2-3,6-7,14-16,18,20-21H2,(H,38,39). The highest BCUT2D eigenvalue weighted by atomic mass is 19.3. The molecule has 1 N–H and O–H groups in total. The minimum Gasteiger partial charge on any atom is -0.478 e. The summed E-state index contributed by atoms with van der Waals surface area (Å²) in [6.07, 6.45) is 1.24. The van der Waals surface area contributed by atoms with Crippen LogP contribution in [0.15, 0.2) is 66.7 Å². The Balaban J connectivity index is 1.50. The molecular weight excluding hydrogens is 499 g/mol. The quantitative estimate of drug-likeness (QED) is 0.297. The van der Waals surface area contributed by atoms with E-state index in [-0.39, 0.29) is 18.7 Å². The molecule has 0 radical (unpaired) electrons. The molecule has 1 saturated heterocycles. The summed E-state index contributed by atoms with van der Waals surface area (Å²) in [5.41, 5.74) is 8.25. The smallest absolute Gasteiger partial charge is 0.335 e. The van der Waals surface area contributed by atoms with E-state index >= 15 is 0 Å². The van der Waals surface area contributed by atoms with Gasteiger partial charge < -0.3 is 10.0 Å². The van der Waals surface area contributed by atoms with E-state index in [4.69, 9.17) is 0 Å². The van der Waals surface area contributed by atoms with Crippen molar-refractivity contribution in [3.05, 3.63) is 106 Å². The van der Waals surface area contributed by atoms with Gasteiger partial charge in [0.25, 0.3) is 0 Å². The van der Waals surface area contributed by atoms with Crippen LogP contribution in [0.1, 0.15) is 63.0 Å². The van der Waals surface area contributed by atoms with Crippen LogP contribution in [0.2, 0.25) is 0 Å². The minimum absolute atomic E-state index is 0.266. The molecular formula is C33H34F3NO2. The third kappa shape index (κ3) is 6.44. The van der Waals surface area contributed by atoms with Gasteiger partial charge in [0.2, 0.25) is 6.43 Å². The zero-order chi connectivity index (χ0) is 27.4. The number of halogens is 3. The lowest BCUT2D eigenvalue weighted by molar-refractivity contribution is 0.0696. The SMILES string of the molecule is O=C(O)c1ccc2c(c1)CCCC(c1cccc(CC(F)F)c1)=C2c1ccc(CC2CN(CCCF)C2)cc1. The number of aryl methyl sites for hydroxylation is 1. The average Bonchev–Trinajstić information content (AvgIpc) is 3.09. The van der Waals surface area contributed by atoms with Crippen LogP contribution < -0.4 is 0 Å². The molecule has 0 unspecified atom stereocenters. The van der Waals surface area contributed by atoms with Gasteiger partial charge in [-0.1, -0.05) is 54.6 Å². The van der Waals surface area contributed by atoms with Crippen LogP contribution in [0.3, 0.4) is 0 Å². The van der Waals surface area contributed by atoms with E-state index in [0.717, 1.165) is 78.7 Å². The molecule has 0 atom stereocenters. The monoisotopic (exact) mass is 533 g/mol. The molecule has 2 aliphatic rings. The van der Waals surface area contributed by atoms with Gasteiger partial charge in [0.15, 0.2) is 0 Å². The van der Waals surface area contributed by atoms with Crippen molar-refractivity contribution in [3.63, 3.8) is 0 Å². The Morgan fingerprint density at radius 1 is 0.949 bits per heavy atom. The number of fused-ring (bicyclic) bond motifs is 1. The number of carboxylic acids is 1. The van der Waals surface area contributed by atoms with Crippen LogP contribution in [0.5, 0.6) is 0 Å². The molecule has 0 bridgehead atoms. The van der Waals surface area contributed by atoms with Crippen molar-refractivity contribution in [3.8, 4) is 0 Å². The van der Waals surface area contributed by atoms with E-state index in [2.05, 4.69) is 29.2 Å². The topological polar surface area (TPSA) is 40.5 Å². The van der Waals surface area contributed by atoms with Gasteiger partial charge in [-0.2, -0.15) is 0 Å². The second-order valence-corrected chi connectivity index (χ2v) is 10.7. The van der Waals surface area contributed by atoms with Crippen molar-refractivity contribution >= 4 is 17.1 Å². The number of benzene rings is 3. The summed E-state index contributed by atoms with van der Waals surface area (Å²) in [5, 5.41) is 9.57. The minimum atomic E-state index is -2.41. The summed E-state index contributed by atoms with van der Waals surface area (Å²) in [6, 6.07) is 21.4. The van der Waals surface area contributed by atoms with Gasteiger partial charge >= 0.3 is 5.97 Å². The molecule has 3 aromatic rings.